The fraction of sp³-hybridized carbons (Fsp3) is 0.450. The van der Waals surface area contributed by atoms with Crippen molar-refractivity contribution in [1.82, 2.24) is 4.57 Å². The van der Waals surface area contributed by atoms with Gasteiger partial charge >= 0.3 is 5.97 Å². The molecule has 8 nitrogen and oxygen atoms in total. The molecule has 154 valence electrons. The number of oxime groups is 1. The molecule has 4 rings (SSSR count). The number of fused-ring (bicyclic) bond motifs is 1. The SMILES string of the molecule is CON=C1CC(C)(CN)CN1c1cc2c(cc1F)c(=O)c(C(=O)O)cn2C1CC1. The van der Waals surface area contributed by atoms with Crippen LogP contribution in [0, 0.1) is 11.2 Å². The van der Waals surface area contributed by atoms with E-state index in [0.717, 1.165) is 18.9 Å². The third kappa shape index (κ3) is 3.25. The maximum absolute atomic E-state index is 15.1. The first kappa shape index (κ1) is 19.4. The molecular formula is C20H23FN4O4. The highest BCUT2D eigenvalue weighted by Crippen LogP contribution is 2.40. The Morgan fingerprint density at radius 1 is 1.45 bits per heavy atom. The smallest absolute Gasteiger partial charge is 0.341 e. The minimum Gasteiger partial charge on any atom is -0.477 e. The van der Waals surface area contributed by atoms with Crippen LogP contribution in [-0.2, 0) is 4.84 Å². The summed E-state index contributed by atoms with van der Waals surface area (Å²) < 4.78 is 16.9. The van der Waals surface area contributed by atoms with Gasteiger partial charge in [-0.2, -0.15) is 0 Å². The standard InChI is InChI=1S/C20H23FN4O4/c1-20(9-22)7-17(23-29-2)25(10-20)16-6-15-12(5-14(16)21)18(26)13(19(27)28)8-24(15)11-3-4-11/h5-6,8,11H,3-4,7,9-10,22H2,1-2H3,(H,27,28). The number of benzene rings is 1. The van der Waals surface area contributed by atoms with Crippen LogP contribution in [0.1, 0.15) is 42.6 Å². The summed E-state index contributed by atoms with van der Waals surface area (Å²) in [4.78, 5) is 30.8. The Morgan fingerprint density at radius 2 is 2.17 bits per heavy atom. The molecule has 1 saturated heterocycles. The van der Waals surface area contributed by atoms with Crippen molar-refractivity contribution in [2.24, 2.45) is 16.3 Å². The second-order valence-corrected chi connectivity index (χ2v) is 8.10. The summed E-state index contributed by atoms with van der Waals surface area (Å²) in [5.41, 5.74) is 5.36. The normalized spacial score (nSPS) is 23.2. The lowest BCUT2D eigenvalue weighted by Crippen LogP contribution is -2.32. The van der Waals surface area contributed by atoms with E-state index in [1.54, 1.807) is 15.5 Å². The van der Waals surface area contributed by atoms with E-state index in [9.17, 15) is 14.7 Å². The van der Waals surface area contributed by atoms with Gasteiger partial charge in [0.25, 0.3) is 0 Å². The second kappa shape index (κ2) is 6.84. The third-order valence-corrected chi connectivity index (χ3v) is 5.69. The number of carboxylic acids is 1. The molecule has 1 atom stereocenters. The zero-order chi connectivity index (χ0) is 20.9. The number of nitrogens with zero attached hydrogens (tertiary/aromatic N) is 3. The maximum Gasteiger partial charge on any atom is 0.341 e. The molecule has 2 aromatic rings. The molecule has 0 spiro atoms. The van der Waals surface area contributed by atoms with Gasteiger partial charge < -0.3 is 25.1 Å². The lowest BCUT2D eigenvalue weighted by atomic mass is 9.90. The fourth-order valence-corrected chi connectivity index (χ4v) is 3.93. The van der Waals surface area contributed by atoms with Crippen LogP contribution < -0.4 is 16.1 Å². The molecule has 29 heavy (non-hydrogen) atoms. The molecular weight excluding hydrogens is 379 g/mol. The van der Waals surface area contributed by atoms with Gasteiger partial charge in [0.05, 0.1) is 11.2 Å². The molecule has 2 aliphatic rings. The van der Waals surface area contributed by atoms with Crippen molar-refractivity contribution in [3.8, 4) is 0 Å². The Kier molecular flexibility index (Phi) is 4.57. The number of halogens is 1. The Bertz CT molecular complexity index is 1090. The predicted octanol–water partition coefficient (Wildman–Crippen LogP) is 2.31. The van der Waals surface area contributed by atoms with Crippen LogP contribution in [0.3, 0.4) is 0 Å². The van der Waals surface area contributed by atoms with Gasteiger partial charge in [0, 0.05) is 36.0 Å². The molecule has 0 amide bonds. The predicted molar refractivity (Wildman–Crippen MR) is 107 cm³/mol. The van der Waals surface area contributed by atoms with Crippen LogP contribution in [0.15, 0.2) is 28.3 Å². The van der Waals surface area contributed by atoms with E-state index in [1.807, 2.05) is 6.92 Å². The molecule has 2 heterocycles. The first-order valence-electron chi connectivity index (χ1n) is 9.47. The number of hydrogen-bond donors (Lipinski definition) is 2. The van der Waals surface area contributed by atoms with E-state index in [2.05, 4.69) is 5.16 Å². The Morgan fingerprint density at radius 3 is 2.76 bits per heavy atom. The Balaban J connectivity index is 1.93. The lowest BCUT2D eigenvalue weighted by molar-refractivity contribution is 0.0695. The minimum absolute atomic E-state index is 0.0593. The summed E-state index contributed by atoms with van der Waals surface area (Å²) in [6.07, 6.45) is 3.66. The minimum atomic E-state index is -1.32. The summed E-state index contributed by atoms with van der Waals surface area (Å²) in [7, 11) is 1.43. The average Bonchev–Trinajstić information content (AvgIpc) is 3.46. The van der Waals surface area contributed by atoms with Gasteiger partial charge in [0.15, 0.2) is 0 Å². The highest BCUT2D eigenvalue weighted by Gasteiger charge is 2.39. The number of hydrogen-bond acceptors (Lipinski definition) is 5. The molecule has 9 heteroatoms. The molecule has 1 aliphatic carbocycles. The van der Waals surface area contributed by atoms with Crippen LogP contribution in [0.5, 0.6) is 0 Å². The topological polar surface area (TPSA) is 110 Å². The van der Waals surface area contributed by atoms with Crippen molar-refractivity contribution in [2.75, 3.05) is 25.1 Å². The van der Waals surface area contributed by atoms with Crippen molar-refractivity contribution in [3.05, 3.63) is 39.9 Å². The monoisotopic (exact) mass is 402 g/mol. The van der Waals surface area contributed by atoms with Gasteiger partial charge in [0.2, 0.25) is 5.43 Å². The second-order valence-electron chi connectivity index (χ2n) is 8.10. The molecule has 1 aliphatic heterocycles. The zero-order valence-corrected chi connectivity index (χ0v) is 16.3. The first-order valence-corrected chi connectivity index (χ1v) is 9.47. The molecule has 0 radical (unpaired) electrons. The van der Waals surface area contributed by atoms with E-state index in [4.69, 9.17) is 10.6 Å². The summed E-state index contributed by atoms with van der Waals surface area (Å²) in [5, 5.41) is 13.5. The lowest BCUT2D eigenvalue weighted by Gasteiger charge is -2.24. The van der Waals surface area contributed by atoms with Crippen LogP contribution in [0.25, 0.3) is 10.9 Å². The van der Waals surface area contributed by atoms with Crippen molar-refractivity contribution in [1.29, 1.82) is 0 Å². The van der Waals surface area contributed by atoms with Crippen molar-refractivity contribution < 1.29 is 19.1 Å². The Hall–Kier alpha value is -2.94. The van der Waals surface area contributed by atoms with Gasteiger partial charge in [-0.3, -0.25) is 4.79 Å². The van der Waals surface area contributed by atoms with E-state index < -0.39 is 17.2 Å². The van der Waals surface area contributed by atoms with E-state index in [0.29, 0.717) is 30.9 Å². The molecule has 1 unspecified atom stereocenters. The Labute approximate surface area is 166 Å². The zero-order valence-electron chi connectivity index (χ0n) is 16.3. The summed E-state index contributed by atoms with van der Waals surface area (Å²) in [5.74, 6) is -1.38. The number of aromatic carboxylic acids is 1. The fourth-order valence-electron chi connectivity index (χ4n) is 3.93. The van der Waals surface area contributed by atoms with Crippen molar-refractivity contribution in [2.45, 2.75) is 32.2 Å². The number of amidine groups is 1. The van der Waals surface area contributed by atoms with Gasteiger partial charge in [0.1, 0.15) is 24.3 Å². The van der Waals surface area contributed by atoms with Crippen LogP contribution >= 0.6 is 0 Å². The van der Waals surface area contributed by atoms with Gasteiger partial charge in [-0.25, -0.2) is 9.18 Å². The van der Waals surface area contributed by atoms with Gasteiger partial charge in [-0.05, 0) is 31.5 Å². The van der Waals surface area contributed by atoms with E-state index in [-0.39, 0.29) is 28.1 Å². The quantitative estimate of drug-likeness (QED) is 0.743. The number of rotatable bonds is 5. The van der Waals surface area contributed by atoms with E-state index in [1.165, 1.54) is 13.3 Å². The molecule has 1 aromatic carbocycles. The molecule has 0 bridgehead atoms. The van der Waals surface area contributed by atoms with E-state index >= 15 is 4.39 Å². The number of pyridine rings is 1. The van der Waals surface area contributed by atoms with Crippen LogP contribution in [0.4, 0.5) is 10.1 Å². The number of carboxylic acid groups (broad SMARTS) is 1. The number of aromatic nitrogens is 1. The number of carbonyl (C=O) groups is 1. The molecule has 1 saturated carbocycles. The van der Waals surface area contributed by atoms with Crippen LogP contribution in [-0.4, -0.2) is 41.7 Å². The maximum atomic E-state index is 15.1. The highest BCUT2D eigenvalue weighted by atomic mass is 19.1. The molecule has 3 N–H and O–H groups in total. The first-order chi connectivity index (χ1) is 13.8. The summed E-state index contributed by atoms with van der Waals surface area (Å²) >= 11 is 0. The van der Waals surface area contributed by atoms with Gasteiger partial charge in [-0.15, -0.1) is 0 Å². The molecule has 1 aromatic heterocycles. The highest BCUT2D eigenvalue weighted by molar-refractivity contribution is 6.02. The largest absolute Gasteiger partial charge is 0.477 e. The summed E-state index contributed by atoms with van der Waals surface area (Å²) in [6.45, 7) is 2.85. The average molecular weight is 402 g/mol. The number of anilines is 1. The number of nitrogens with two attached hydrogens (primary N) is 1. The van der Waals surface area contributed by atoms with Crippen molar-refractivity contribution >= 4 is 28.4 Å². The summed E-state index contributed by atoms with van der Waals surface area (Å²) in [6, 6.07) is 2.83. The molecule has 2 fully saturated rings. The van der Waals surface area contributed by atoms with Gasteiger partial charge in [-0.1, -0.05) is 12.1 Å². The van der Waals surface area contributed by atoms with Crippen LogP contribution in [0.2, 0.25) is 0 Å². The van der Waals surface area contributed by atoms with Crippen molar-refractivity contribution in [3.63, 3.8) is 0 Å². The third-order valence-electron chi connectivity index (χ3n) is 5.69.